The molecule has 0 spiro atoms. The summed E-state index contributed by atoms with van der Waals surface area (Å²) in [6.07, 6.45) is 4.87. The first-order chi connectivity index (χ1) is 10.1. The van der Waals surface area contributed by atoms with E-state index < -0.39 is 0 Å². The normalized spacial score (nSPS) is 15.2. The number of aryl methyl sites for hydroxylation is 2. The second-order valence-corrected chi connectivity index (χ2v) is 8.65. The molecule has 1 aliphatic rings. The zero-order valence-electron chi connectivity index (χ0n) is 12.0. The van der Waals surface area contributed by atoms with Gasteiger partial charge in [0.05, 0.1) is 5.39 Å². The van der Waals surface area contributed by atoms with Crippen molar-refractivity contribution in [1.29, 1.82) is 0 Å². The Kier molecular flexibility index (Phi) is 3.31. The first-order valence-corrected chi connectivity index (χ1v) is 9.33. The molecule has 21 heavy (non-hydrogen) atoms. The van der Waals surface area contributed by atoms with Crippen LogP contribution in [0.15, 0.2) is 5.16 Å². The number of aromatic amines is 1. The molecule has 1 aliphatic carbocycles. The summed E-state index contributed by atoms with van der Waals surface area (Å²) in [6, 6.07) is 0. The van der Waals surface area contributed by atoms with Crippen molar-refractivity contribution in [3.8, 4) is 0 Å². The first kappa shape index (κ1) is 13.7. The second kappa shape index (κ2) is 5.07. The summed E-state index contributed by atoms with van der Waals surface area (Å²) >= 11 is 8.99. The van der Waals surface area contributed by atoms with Crippen LogP contribution in [0.4, 0.5) is 0 Å². The number of nitrogens with zero attached hydrogens (tertiary/aromatic N) is 3. The van der Waals surface area contributed by atoms with Crippen LogP contribution in [0.3, 0.4) is 0 Å². The molecule has 3 aromatic rings. The first-order valence-electron chi connectivity index (χ1n) is 7.23. The molecule has 0 saturated carbocycles. The van der Waals surface area contributed by atoms with E-state index in [1.54, 1.807) is 11.8 Å². The molecule has 0 saturated heterocycles. The van der Waals surface area contributed by atoms with Gasteiger partial charge >= 0.3 is 0 Å². The third-order valence-corrected chi connectivity index (χ3v) is 6.19. The third-order valence-electron chi connectivity index (χ3n) is 3.78. The largest absolute Gasteiger partial charge is 0.251 e. The van der Waals surface area contributed by atoms with E-state index in [2.05, 4.69) is 24.0 Å². The van der Waals surface area contributed by atoms with Crippen LogP contribution in [-0.4, -0.2) is 24.8 Å². The van der Waals surface area contributed by atoms with Crippen LogP contribution < -0.4 is 0 Å². The van der Waals surface area contributed by atoms with Crippen molar-refractivity contribution in [2.24, 2.45) is 0 Å². The zero-order valence-corrected chi connectivity index (χ0v) is 14.4. The Morgan fingerprint density at radius 1 is 1.33 bits per heavy atom. The summed E-state index contributed by atoms with van der Waals surface area (Å²) < 4.78 is 2.64. The van der Waals surface area contributed by atoms with Crippen molar-refractivity contribution in [2.75, 3.05) is 0 Å². The van der Waals surface area contributed by atoms with E-state index in [9.17, 15) is 0 Å². The van der Waals surface area contributed by atoms with Crippen LogP contribution in [0.25, 0.3) is 15.9 Å². The summed E-state index contributed by atoms with van der Waals surface area (Å²) in [5, 5.41) is 10.1. The smallest absolute Gasteiger partial charge is 0.201 e. The van der Waals surface area contributed by atoms with Crippen LogP contribution in [0.2, 0.25) is 0 Å². The van der Waals surface area contributed by atoms with Crippen molar-refractivity contribution in [2.45, 2.75) is 49.9 Å². The minimum Gasteiger partial charge on any atom is -0.251 e. The summed E-state index contributed by atoms with van der Waals surface area (Å²) in [5.74, 6) is 0. The Morgan fingerprint density at radius 2 is 2.14 bits per heavy atom. The Balaban J connectivity index is 2.10. The van der Waals surface area contributed by atoms with E-state index in [4.69, 9.17) is 17.2 Å². The lowest BCUT2D eigenvalue weighted by atomic mass is 9.97. The molecule has 0 amide bonds. The van der Waals surface area contributed by atoms with Gasteiger partial charge in [0.25, 0.3) is 0 Å². The maximum Gasteiger partial charge on any atom is 0.201 e. The number of aromatic nitrogens is 4. The van der Waals surface area contributed by atoms with E-state index in [-0.39, 0.29) is 0 Å². The quantitative estimate of drug-likeness (QED) is 0.428. The lowest BCUT2D eigenvalue weighted by Gasteiger charge is -2.11. The summed E-state index contributed by atoms with van der Waals surface area (Å²) in [7, 11) is 0. The van der Waals surface area contributed by atoms with Crippen molar-refractivity contribution < 1.29 is 0 Å². The van der Waals surface area contributed by atoms with E-state index in [0.29, 0.717) is 10.0 Å². The highest BCUT2D eigenvalue weighted by Gasteiger charge is 2.22. The summed E-state index contributed by atoms with van der Waals surface area (Å²) in [6.45, 7) is 4.34. The fourth-order valence-electron chi connectivity index (χ4n) is 2.93. The average molecular weight is 337 g/mol. The lowest BCUT2D eigenvalue weighted by molar-refractivity contribution is 0.700. The SMILES string of the molecule is CC(C)Sc1nc2sc3c(c2c2n[nH]c(=S)n12)CCCC3. The van der Waals surface area contributed by atoms with Gasteiger partial charge in [0, 0.05) is 10.1 Å². The fourth-order valence-corrected chi connectivity index (χ4v) is 5.37. The monoisotopic (exact) mass is 336 g/mol. The van der Waals surface area contributed by atoms with Gasteiger partial charge in [-0.3, -0.25) is 5.10 Å². The van der Waals surface area contributed by atoms with Gasteiger partial charge in [0.1, 0.15) is 4.83 Å². The Labute approximate surface area is 136 Å². The highest BCUT2D eigenvalue weighted by molar-refractivity contribution is 7.99. The van der Waals surface area contributed by atoms with Crippen LogP contribution >= 0.6 is 35.3 Å². The van der Waals surface area contributed by atoms with Crippen LogP contribution in [0.5, 0.6) is 0 Å². The Bertz CT molecular complexity index is 887. The number of H-pyrrole nitrogens is 1. The van der Waals surface area contributed by atoms with Gasteiger partial charge in [0.2, 0.25) is 4.77 Å². The number of rotatable bonds is 2. The molecule has 4 nitrogen and oxygen atoms in total. The minimum absolute atomic E-state index is 0.463. The molecular formula is C14H16N4S3. The summed E-state index contributed by atoms with van der Waals surface area (Å²) in [4.78, 5) is 7.51. The van der Waals surface area contributed by atoms with Crippen molar-refractivity contribution >= 4 is 51.2 Å². The highest BCUT2D eigenvalue weighted by atomic mass is 32.2. The van der Waals surface area contributed by atoms with Gasteiger partial charge in [-0.15, -0.1) is 11.3 Å². The molecule has 1 N–H and O–H groups in total. The Morgan fingerprint density at radius 3 is 2.95 bits per heavy atom. The molecule has 0 aliphatic heterocycles. The van der Waals surface area contributed by atoms with Gasteiger partial charge in [-0.2, -0.15) is 5.10 Å². The topological polar surface area (TPSA) is 46.0 Å². The maximum absolute atomic E-state index is 5.41. The van der Waals surface area contributed by atoms with Crippen LogP contribution in [-0.2, 0) is 12.8 Å². The predicted octanol–water partition coefficient (Wildman–Crippen LogP) is 4.38. The number of thioether (sulfide) groups is 1. The van der Waals surface area contributed by atoms with Crippen LogP contribution in [0, 0.1) is 4.77 Å². The zero-order chi connectivity index (χ0) is 14.6. The molecule has 0 radical (unpaired) electrons. The molecular weight excluding hydrogens is 320 g/mol. The number of hydrogen-bond acceptors (Lipinski definition) is 5. The molecule has 0 aromatic carbocycles. The van der Waals surface area contributed by atoms with E-state index >= 15 is 0 Å². The predicted molar refractivity (Wildman–Crippen MR) is 91.2 cm³/mol. The van der Waals surface area contributed by atoms with Gasteiger partial charge in [-0.25, -0.2) is 9.38 Å². The highest BCUT2D eigenvalue weighted by Crippen LogP contribution is 2.38. The average Bonchev–Trinajstić information content (AvgIpc) is 2.98. The molecule has 0 atom stereocenters. The minimum atomic E-state index is 0.463. The molecule has 4 rings (SSSR count). The molecule has 0 unspecified atom stereocenters. The number of nitrogens with one attached hydrogen (secondary N) is 1. The van der Waals surface area contributed by atoms with Crippen molar-refractivity contribution in [1.82, 2.24) is 19.6 Å². The fraction of sp³-hybridized carbons (Fsp3) is 0.500. The van der Waals surface area contributed by atoms with Gasteiger partial charge < -0.3 is 0 Å². The third kappa shape index (κ3) is 2.13. The lowest BCUT2D eigenvalue weighted by Crippen LogP contribution is -2.01. The summed E-state index contributed by atoms with van der Waals surface area (Å²) in [5.41, 5.74) is 2.40. The number of thiophene rings is 1. The van der Waals surface area contributed by atoms with Crippen LogP contribution in [0.1, 0.15) is 37.1 Å². The number of fused-ring (bicyclic) bond motifs is 5. The van der Waals surface area contributed by atoms with E-state index in [1.807, 2.05) is 15.7 Å². The molecule has 110 valence electrons. The Hall–Kier alpha value is -0.920. The number of hydrogen-bond donors (Lipinski definition) is 1. The maximum atomic E-state index is 5.41. The van der Waals surface area contributed by atoms with E-state index in [1.165, 1.54) is 35.1 Å². The molecule has 7 heteroatoms. The van der Waals surface area contributed by atoms with Crippen molar-refractivity contribution in [3.63, 3.8) is 0 Å². The van der Waals surface area contributed by atoms with E-state index in [0.717, 1.165) is 22.1 Å². The van der Waals surface area contributed by atoms with Gasteiger partial charge in [-0.1, -0.05) is 25.6 Å². The van der Waals surface area contributed by atoms with Crippen molar-refractivity contribution in [3.05, 3.63) is 15.2 Å². The molecule has 0 fully saturated rings. The standard InChI is InChI=1S/C14H16N4S3/c1-7(2)20-14-15-12-10(11-16-17-13(19)18(11)14)8-5-3-4-6-9(8)21-12/h7H,3-6H2,1-2H3,(H,17,19). The molecule has 3 heterocycles. The molecule has 3 aromatic heterocycles. The van der Waals surface area contributed by atoms with Gasteiger partial charge in [0.15, 0.2) is 10.8 Å². The second-order valence-electron chi connectivity index (χ2n) is 5.64. The molecule has 0 bridgehead atoms. The van der Waals surface area contributed by atoms with Gasteiger partial charge in [-0.05, 0) is 43.5 Å².